The highest BCUT2D eigenvalue weighted by atomic mass is 19.1. The first-order valence-electron chi connectivity index (χ1n) is 9.51. The van der Waals surface area contributed by atoms with Gasteiger partial charge in [0.15, 0.2) is 0 Å². The lowest BCUT2D eigenvalue weighted by molar-refractivity contribution is 0.624. The highest BCUT2D eigenvalue weighted by Gasteiger charge is 2.18. The third-order valence-electron chi connectivity index (χ3n) is 5.14. The summed E-state index contributed by atoms with van der Waals surface area (Å²) >= 11 is 0. The molecule has 0 bridgehead atoms. The first kappa shape index (κ1) is 17.7. The zero-order valence-electron chi connectivity index (χ0n) is 15.6. The molecule has 0 aliphatic carbocycles. The van der Waals surface area contributed by atoms with Gasteiger partial charge in [-0.15, -0.1) is 0 Å². The first-order valence-corrected chi connectivity index (χ1v) is 9.51. The van der Waals surface area contributed by atoms with Crippen molar-refractivity contribution in [1.82, 2.24) is 4.98 Å². The number of aryl methyl sites for hydroxylation is 2. The number of anilines is 2. The lowest BCUT2D eigenvalue weighted by Crippen LogP contribution is -2.24. The Balaban J connectivity index is 1.75. The van der Waals surface area contributed by atoms with Crippen molar-refractivity contribution < 1.29 is 4.39 Å². The summed E-state index contributed by atoms with van der Waals surface area (Å²) in [6.07, 6.45) is 2.00. The lowest BCUT2D eigenvalue weighted by atomic mass is 10.0. The summed E-state index contributed by atoms with van der Waals surface area (Å²) in [6.45, 7) is 4.94. The van der Waals surface area contributed by atoms with Crippen LogP contribution in [0.25, 0.3) is 10.9 Å². The van der Waals surface area contributed by atoms with Gasteiger partial charge >= 0.3 is 0 Å². The summed E-state index contributed by atoms with van der Waals surface area (Å²) in [4.78, 5) is 7.15. The van der Waals surface area contributed by atoms with Gasteiger partial charge in [0.2, 0.25) is 0 Å². The lowest BCUT2D eigenvalue weighted by Gasteiger charge is -2.24. The normalized spacial score (nSPS) is 14.1. The van der Waals surface area contributed by atoms with Crippen molar-refractivity contribution in [3.05, 3.63) is 65.0 Å². The van der Waals surface area contributed by atoms with Crippen LogP contribution in [-0.4, -0.2) is 24.6 Å². The summed E-state index contributed by atoms with van der Waals surface area (Å²) in [5.41, 5.74) is 11.2. The molecular weight excluding hydrogens is 339 g/mol. The standard InChI is InChI=1S/C22H25FN4/c1-15-4-7-20-19(11-15)21(25-9-8-24)13-22(26-20)27-10-2-3-16-5-6-18(23)12-17(16)14-27/h4-7,11-13H,2-3,8-10,14,24H2,1H3,(H,25,26). The number of halogens is 1. The van der Waals surface area contributed by atoms with Crippen LogP contribution in [0.3, 0.4) is 0 Å². The van der Waals surface area contributed by atoms with E-state index in [0.29, 0.717) is 19.6 Å². The smallest absolute Gasteiger partial charge is 0.131 e. The molecule has 5 heteroatoms. The van der Waals surface area contributed by atoms with Crippen LogP contribution in [0, 0.1) is 12.7 Å². The molecule has 2 heterocycles. The number of nitrogens with two attached hydrogens (primary N) is 1. The molecule has 0 spiro atoms. The highest BCUT2D eigenvalue weighted by molar-refractivity contribution is 5.93. The molecule has 3 N–H and O–H groups in total. The summed E-state index contributed by atoms with van der Waals surface area (Å²) in [7, 11) is 0. The predicted octanol–water partition coefficient (Wildman–Crippen LogP) is 4.01. The largest absolute Gasteiger partial charge is 0.383 e. The van der Waals surface area contributed by atoms with E-state index in [9.17, 15) is 4.39 Å². The molecule has 4 rings (SSSR count). The fraction of sp³-hybridized carbons (Fsp3) is 0.318. The van der Waals surface area contributed by atoms with Crippen molar-refractivity contribution >= 4 is 22.4 Å². The summed E-state index contributed by atoms with van der Waals surface area (Å²) in [5, 5.41) is 4.54. The van der Waals surface area contributed by atoms with Crippen molar-refractivity contribution in [3.63, 3.8) is 0 Å². The number of rotatable bonds is 4. The Morgan fingerprint density at radius 2 is 2.04 bits per heavy atom. The van der Waals surface area contributed by atoms with Gasteiger partial charge in [-0.2, -0.15) is 0 Å². The van der Waals surface area contributed by atoms with E-state index in [0.717, 1.165) is 47.4 Å². The van der Waals surface area contributed by atoms with E-state index in [2.05, 4.69) is 41.4 Å². The molecule has 0 radical (unpaired) electrons. The SMILES string of the molecule is Cc1ccc2nc(N3CCCc4ccc(F)cc4C3)cc(NCCN)c2c1. The highest BCUT2D eigenvalue weighted by Crippen LogP contribution is 2.30. The van der Waals surface area contributed by atoms with Gasteiger partial charge in [-0.05, 0) is 55.2 Å². The fourth-order valence-electron chi connectivity index (χ4n) is 3.77. The predicted molar refractivity (Wildman–Crippen MR) is 110 cm³/mol. The summed E-state index contributed by atoms with van der Waals surface area (Å²) in [5.74, 6) is 0.742. The Kier molecular flexibility index (Phi) is 4.94. The average Bonchev–Trinajstić information content (AvgIpc) is 2.88. The van der Waals surface area contributed by atoms with Crippen LogP contribution in [0.1, 0.15) is 23.1 Å². The van der Waals surface area contributed by atoms with Gasteiger partial charge in [0.25, 0.3) is 0 Å². The van der Waals surface area contributed by atoms with E-state index >= 15 is 0 Å². The molecule has 0 atom stereocenters. The molecule has 2 aromatic carbocycles. The molecule has 27 heavy (non-hydrogen) atoms. The summed E-state index contributed by atoms with van der Waals surface area (Å²) in [6, 6.07) is 13.5. The molecule has 0 saturated carbocycles. The van der Waals surface area contributed by atoms with E-state index in [1.807, 2.05) is 6.07 Å². The fourth-order valence-corrected chi connectivity index (χ4v) is 3.77. The molecule has 1 aliphatic heterocycles. The van der Waals surface area contributed by atoms with Gasteiger partial charge in [0.1, 0.15) is 11.6 Å². The number of pyridine rings is 1. The minimum absolute atomic E-state index is 0.178. The van der Waals surface area contributed by atoms with Crippen LogP contribution >= 0.6 is 0 Å². The van der Waals surface area contributed by atoms with Crippen molar-refractivity contribution in [2.45, 2.75) is 26.3 Å². The maximum absolute atomic E-state index is 13.8. The third kappa shape index (κ3) is 3.74. The van der Waals surface area contributed by atoms with E-state index in [4.69, 9.17) is 10.7 Å². The maximum Gasteiger partial charge on any atom is 0.131 e. The Bertz CT molecular complexity index is 970. The van der Waals surface area contributed by atoms with Gasteiger partial charge in [-0.1, -0.05) is 17.7 Å². The zero-order chi connectivity index (χ0) is 18.8. The molecule has 3 aromatic rings. The Morgan fingerprint density at radius 3 is 2.89 bits per heavy atom. The average molecular weight is 364 g/mol. The number of aromatic nitrogens is 1. The molecular formula is C22H25FN4. The molecule has 140 valence electrons. The van der Waals surface area contributed by atoms with Crippen molar-refractivity contribution in [3.8, 4) is 0 Å². The Morgan fingerprint density at radius 1 is 1.15 bits per heavy atom. The van der Waals surface area contributed by atoms with Crippen LogP contribution < -0.4 is 16.0 Å². The second-order valence-corrected chi connectivity index (χ2v) is 7.20. The van der Waals surface area contributed by atoms with E-state index in [1.54, 1.807) is 12.1 Å². The topological polar surface area (TPSA) is 54.2 Å². The molecule has 1 aliphatic rings. The third-order valence-corrected chi connectivity index (χ3v) is 5.14. The van der Waals surface area contributed by atoms with Crippen molar-refractivity contribution in [1.29, 1.82) is 0 Å². The second kappa shape index (κ2) is 7.53. The Labute approximate surface area is 159 Å². The van der Waals surface area contributed by atoms with Gasteiger partial charge in [-0.3, -0.25) is 0 Å². The van der Waals surface area contributed by atoms with Gasteiger partial charge in [0.05, 0.1) is 5.52 Å². The maximum atomic E-state index is 13.8. The number of nitrogens with one attached hydrogen (secondary N) is 1. The number of nitrogens with zero attached hydrogens (tertiary/aromatic N) is 2. The zero-order valence-corrected chi connectivity index (χ0v) is 15.6. The monoisotopic (exact) mass is 364 g/mol. The van der Waals surface area contributed by atoms with Gasteiger partial charge < -0.3 is 16.0 Å². The molecule has 1 aromatic heterocycles. The molecule has 4 nitrogen and oxygen atoms in total. The van der Waals surface area contributed by atoms with Crippen LogP contribution in [0.2, 0.25) is 0 Å². The van der Waals surface area contributed by atoms with Crippen LogP contribution in [-0.2, 0) is 13.0 Å². The van der Waals surface area contributed by atoms with Crippen molar-refractivity contribution in [2.24, 2.45) is 5.73 Å². The van der Waals surface area contributed by atoms with Crippen LogP contribution in [0.15, 0.2) is 42.5 Å². The van der Waals surface area contributed by atoms with Crippen LogP contribution in [0.4, 0.5) is 15.9 Å². The second-order valence-electron chi connectivity index (χ2n) is 7.20. The molecule has 0 saturated heterocycles. The van der Waals surface area contributed by atoms with E-state index < -0.39 is 0 Å². The summed E-state index contributed by atoms with van der Waals surface area (Å²) < 4.78 is 13.8. The number of hydrogen-bond donors (Lipinski definition) is 2. The van der Waals surface area contributed by atoms with Crippen LogP contribution in [0.5, 0.6) is 0 Å². The number of fused-ring (bicyclic) bond motifs is 2. The van der Waals surface area contributed by atoms with E-state index in [-0.39, 0.29) is 5.82 Å². The van der Waals surface area contributed by atoms with Gasteiger partial charge in [-0.25, -0.2) is 9.37 Å². The van der Waals surface area contributed by atoms with Crippen molar-refractivity contribution in [2.75, 3.05) is 29.9 Å². The molecule has 0 fully saturated rings. The first-order chi connectivity index (χ1) is 13.1. The number of hydrogen-bond acceptors (Lipinski definition) is 4. The Hall–Kier alpha value is -2.66. The number of benzene rings is 2. The van der Waals surface area contributed by atoms with Gasteiger partial charge in [0, 0.05) is 43.3 Å². The molecule has 0 unspecified atom stereocenters. The minimum atomic E-state index is -0.178. The molecule has 0 amide bonds. The minimum Gasteiger partial charge on any atom is -0.383 e. The quantitative estimate of drug-likeness (QED) is 0.735. The van der Waals surface area contributed by atoms with E-state index in [1.165, 1.54) is 11.1 Å².